The van der Waals surface area contributed by atoms with Gasteiger partial charge in [0, 0.05) is 25.6 Å². The molecule has 138 valence electrons. The third kappa shape index (κ3) is 6.24. The van der Waals surface area contributed by atoms with Crippen molar-refractivity contribution in [1.29, 1.82) is 0 Å². The molecule has 0 atom stereocenters. The van der Waals surface area contributed by atoms with Crippen molar-refractivity contribution in [2.24, 2.45) is 5.92 Å². The summed E-state index contributed by atoms with van der Waals surface area (Å²) in [6.45, 7) is -0.520. The Morgan fingerprint density at radius 2 is 1.68 bits per heavy atom. The number of piperidine rings is 1. The first-order chi connectivity index (χ1) is 11.7. The quantitative estimate of drug-likeness (QED) is 0.810. The maximum atomic E-state index is 12.8. The van der Waals surface area contributed by atoms with Gasteiger partial charge in [-0.3, -0.25) is 4.79 Å². The Kier molecular flexibility index (Phi) is 6.22. The highest BCUT2D eigenvalue weighted by molar-refractivity contribution is 5.79. The summed E-state index contributed by atoms with van der Waals surface area (Å²) in [5, 5.41) is 4.57. The predicted molar refractivity (Wildman–Crippen MR) is 82.0 cm³/mol. The Balaban J connectivity index is 1.72. The molecule has 0 bridgehead atoms. The van der Waals surface area contributed by atoms with E-state index in [2.05, 4.69) is 5.32 Å². The normalized spacial score (nSPS) is 15.8. The second-order valence-electron chi connectivity index (χ2n) is 5.88. The molecule has 2 rings (SSSR count). The maximum Gasteiger partial charge on any atom is 0.405 e. The van der Waals surface area contributed by atoms with Gasteiger partial charge in [-0.05, 0) is 30.5 Å². The largest absolute Gasteiger partial charge is 0.405 e. The molecule has 0 unspecified atom stereocenters. The number of carbonyl (C=O) groups is 2. The summed E-state index contributed by atoms with van der Waals surface area (Å²) in [6.07, 6.45) is -3.81. The van der Waals surface area contributed by atoms with Gasteiger partial charge in [-0.1, -0.05) is 12.1 Å². The van der Waals surface area contributed by atoms with Gasteiger partial charge in [0.05, 0.1) is 0 Å². The van der Waals surface area contributed by atoms with Gasteiger partial charge in [-0.15, -0.1) is 0 Å². The maximum absolute atomic E-state index is 12.8. The van der Waals surface area contributed by atoms with Crippen molar-refractivity contribution in [1.82, 2.24) is 15.5 Å². The molecule has 25 heavy (non-hydrogen) atoms. The van der Waals surface area contributed by atoms with Gasteiger partial charge < -0.3 is 15.5 Å². The number of rotatable bonds is 4. The lowest BCUT2D eigenvalue weighted by Gasteiger charge is -2.31. The number of nitrogens with zero attached hydrogens (tertiary/aromatic N) is 1. The number of amides is 3. The molecule has 5 nitrogen and oxygen atoms in total. The van der Waals surface area contributed by atoms with Crippen LogP contribution in [-0.2, 0) is 11.3 Å². The third-order valence-corrected chi connectivity index (χ3v) is 3.97. The summed E-state index contributed by atoms with van der Waals surface area (Å²) in [4.78, 5) is 25.3. The highest BCUT2D eigenvalue weighted by atomic mass is 19.4. The average molecular weight is 361 g/mol. The molecule has 1 heterocycles. The molecule has 0 spiro atoms. The number of alkyl halides is 3. The first-order valence-corrected chi connectivity index (χ1v) is 7.86. The fourth-order valence-corrected chi connectivity index (χ4v) is 2.57. The van der Waals surface area contributed by atoms with Crippen LogP contribution in [0.25, 0.3) is 0 Å². The zero-order chi connectivity index (χ0) is 18.4. The summed E-state index contributed by atoms with van der Waals surface area (Å²) in [5.41, 5.74) is 0.746. The van der Waals surface area contributed by atoms with Gasteiger partial charge in [-0.25, -0.2) is 9.18 Å². The number of urea groups is 1. The molecule has 3 amide bonds. The van der Waals surface area contributed by atoms with Gasteiger partial charge in [-0.2, -0.15) is 13.2 Å². The Morgan fingerprint density at radius 3 is 2.24 bits per heavy atom. The Labute approximate surface area is 142 Å². The van der Waals surface area contributed by atoms with E-state index < -0.39 is 24.5 Å². The summed E-state index contributed by atoms with van der Waals surface area (Å²) >= 11 is 0. The molecule has 0 aromatic heterocycles. The van der Waals surface area contributed by atoms with Crippen molar-refractivity contribution in [3.05, 3.63) is 35.6 Å². The fraction of sp³-hybridized carbons (Fsp3) is 0.500. The number of carbonyl (C=O) groups excluding carboxylic acids is 2. The number of nitrogens with one attached hydrogen (secondary N) is 2. The number of halogens is 4. The van der Waals surface area contributed by atoms with Crippen LogP contribution in [0.15, 0.2) is 24.3 Å². The van der Waals surface area contributed by atoms with Crippen molar-refractivity contribution in [2.45, 2.75) is 25.6 Å². The molecule has 1 saturated heterocycles. The van der Waals surface area contributed by atoms with Crippen molar-refractivity contribution in [3.63, 3.8) is 0 Å². The Morgan fingerprint density at radius 1 is 1.08 bits per heavy atom. The van der Waals surface area contributed by atoms with Crippen LogP contribution in [0.1, 0.15) is 18.4 Å². The molecule has 0 radical (unpaired) electrons. The molecular formula is C16H19F4N3O2. The smallest absolute Gasteiger partial charge is 0.347 e. The van der Waals surface area contributed by atoms with Crippen LogP contribution < -0.4 is 10.6 Å². The molecular weight excluding hydrogens is 342 g/mol. The van der Waals surface area contributed by atoms with Crippen molar-refractivity contribution in [2.75, 3.05) is 19.6 Å². The minimum Gasteiger partial charge on any atom is -0.347 e. The average Bonchev–Trinajstić information content (AvgIpc) is 2.58. The molecule has 9 heteroatoms. The fourth-order valence-electron chi connectivity index (χ4n) is 2.57. The predicted octanol–water partition coefficient (Wildman–Crippen LogP) is 2.43. The van der Waals surface area contributed by atoms with Crippen LogP contribution in [0.3, 0.4) is 0 Å². The van der Waals surface area contributed by atoms with Gasteiger partial charge in [0.25, 0.3) is 0 Å². The zero-order valence-electron chi connectivity index (χ0n) is 13.4. The molecule has 1 aliphatic rings. The number of likely N-dealkylation sites (tertiary alicyclic amines) is 1. The molecule has 1 fully saturated rings. The van der Waals surface area contributed by atoms with E-state index in [1.807, 2.05) is 5.32 Å². The van der Waals surface area contributed by atoms with Crippen molar-refractivity contribution >= 4 is 11.9 Å². The van der Waals surface area contributed by atoms with Gasteiger partial charge >= 0.3 is 12.2 Å². The molecule has 0 saturated carbocycles. The molecule has 1 aromatic carbocycles. The van der Waals surface area contributed by atoms with E-state index in [1.165, 1.54) is 17.0 Å². The second kappa shape index (κ2) is 8.17. The summed E-state index contributed by atoms with van der Waals surface area (Å²) in [7, 11) is 0. The second-order valence-corrected chi connectivity index (χ2v) is 5.88. The van der Waals surface area contributed by atoms with Crippen LogP contribution in [0.5, 0.6) is 0 Å². The van der Waals surface area contributed by atoms with E-state index in [1.54, 1.807) is 12.1 Å². The van der Waals surface area contributed by atoms with E-state index in [4.69, 9.17) is 0 Å². The lowest BCUT2D eigenvalue weighted by Crippen LogP contribution is -2.47. The monoisotopic (exact) mass is 361 g/mol. The van der Waals surface area contributed by atoms with Crippen molar-refractivity contribution < 1.29 is 27.2 Å². The van der Waals surface area contributed by atoms with E-state index >= 15 is 0 Å². The van der Waals surface area contributed by atoms with Crippen molar-refractivity contribution in [3.8, 4) is 0 Å². The summed E-state index contributed by atoms with van der Waals surface area (Å²) in [6, 6.07) is 5.40. The lowest BCUT2D eigenvalue weighted by atomic mass is 9.96. The third-order valence-electron chi connectivity index (χ3n) is 3.97. The van der Waals surface area contributed by atoms with E-state index in [0.717, 1.165) is 5.56 Å². The van der Waals surface area contributed by atoms with Gasteiger partial charge in [0.15, 0.2) is 0 Å². The first-order valence-electron chi connectivity index (χ1n) is 7.86. The Hall–Kier alpha value is -2.32. The van der Waals surface area contributed by atoms with E-state index in [9.17, 15) is 27.2 Å². The zero-order valence-corrected chi connectivity index (χ0v) is 13.4. The van der Waals surface area contributed by atoms with Crippen LogP contribution in [0.4, 0.5) is 22.4 Å². The van der Waals surface area contributed by atoms with Crippen LogP contribution in [-0.4, -0.2) is 42.6 Å². The highest BCUT2D eigenvalue weighted by Crippen LogP contribution is 2.19. The molecule has 1 aliphatic heterocycles. The SMILES string of the molecule is O=C(NCC(F)(F)F)C1CCN(C(=O)NCc2ccc(F)cc2)CC1. The molecule has 2 N–H and O–H groups in total. The van der Waals surface area contributed by atoms with E-state index in [-0.39, 0.29) is 18.4 Å². The van der Waals surface area contributed by atoms with Gasteiger partial charge in [0.2, 0.25) is 5.91 Å². The summed E-state index contributed by atoms with van der Waals surface area (Å²) < 4.78 is 49.1. The topological polar surface area (TPSA) is 61.4 Å². The number of benzene rings is 1. The van der Waals surface area contributed by atoms with E-state index in [0.29, 0.717) is 25.9 Å². The highest BCUT2D eigenvalue weighted by Gasteiger charge is 2.31. The Bertz CT molecular complexity index is 596. The van der Waals surface area contributed by atoms with Gasteiger partial charge in [0.1, 0.15) is 12.4 Å². The number of hydrogen-bond acceptors (Lipinski definition) is 2. The number of hydrogen-bond donors (Lipinski definition) is 2. The lowest BCUT2D eigenvalue weighted by molar-refractivity contribution is -0.141. The first kappa shape index (κ1) is 19.0. The molecule has 1 aromatic rings. The van der Waals surface area contributed by atoms with Crippen LogP contribution in [0, 0.1) is 11.7 Å². The standard InChI is InChI=1S/C16H19F4N3O2/c17-13-3-1-11(2-4-13)9-21-15(25)23-7-5-12(6-8-23)14(24)22-10-16(18,19)20/h1-4,12H,5-10H2,(H,21,25)(H,22,24). The van der Waals surface area contributed by atoms with Crippen LogP contribution >= 0.6 is 0 Å². The van der Waals surface area contributed by atoms with Crippen LogP contribution in [0.2, 0.25) is 0 Å². The minimum atomic E-state index is -4.43. The summed E-state index contributed by atoms with van der Waals surface area (Å²) in [5.74, 6) is -1.52. The molecule has 0 aliphatic carbocycles. The minimum absolute atomic E-state index is 0.241.